The minimum absolute atomic E-state index is 0.213. The Morgan fingerprint density at radius 2 is 2.13 bits per heavy atom. The molecule has 3 aliphatic rings. The van der Waals surface area contributed by atoms with Gasteiger partial charge in [-0.15, -0.1) is 0 Å². The predicted molar refractivity (Wildman–Crippen MR) is 95.1 cm³/mol. The van der Waals surface area contributed by atoms with Gasteiger partial charge in [-0.05, 0) is 26.9 Å². The quantitative estimate of drug-likeness (QED) is 0.553. The fourth-order valence-corrected chi connectivity index (χ4v) is 3.78. The number of aliphatic imine (C=N–C) groups is 2. The molecular formula is C16H23BrN5O+. The zero-order chi connectivity index (χ0) is 16.6. The number of nitrogens with zero attached hydrogens (tertiary/aromatic N) is 5. The molecule has 3 rings (SSSR count). The fourth-order valence-electron chi connectivity index (χ4n) is 3.28. The average Bonchev–Trinajstić information content (AvgIpc) is 2.79. The summed E-state index contributed by atoms with van der Waals surface area (Å²) in [5.74, 6) is 0.601. The largest absolute Gasteiger partial charge is 0.342 e. The topological polar surface area (TPSA) is 48.3 Å². The van der Waals surface area contributed by atoms with Crippen molar-refractivity contribution in [1.82, 2.24) is 9.80 Å². The van der Waals surface area contributed by atoms with Crippen molar-refractivity contribution < 1.29 is 9.28 Å². The van der Waals surface area contributed by atoms with Gasteiger partial charge in [-0.25, -0.2) is 4.48 Å². The number of amidine groups is 1. The Balaban J connectivity index is 1.71. The maximum atomic E-state index is 12.2. The van der Waals surface area contributed by atoms with Gasteiger partial charge in [0.1, 0.15) is 11.9 Å². The second-order valence-corrected chi connectivity index (χ2v) is 7.41. The van der Waals surface area contributed by atoms with E-state index in [1.807, 2.05) is 42.5 Å². The zero-order valence-electron chi connectivity index (χ0n) is 13.9. The van der Waals surface area contributed by atoms with Crippen LogP contribution < -0.4 is 0 Å². The van der Waals surface area contributed by atoms with Gasteiger partial charge in [-0.2, -0.15) is 4.99 Å². The summed E-state index contributed by atoms with van der Waals surface area (Å²) in [5.41, 5.74) is 2.25. The highest BCUT2D eigenvalue weighted by Crippen LogP contribution is 2.38. The molecule has 0 bridgehead atoms. The number of rotatable bonds is 3. The Labute approximate surface area is 145 Å². The molecule has 0 spiro atoms. The maximum absolute atomic E-state index is 12.2. The van der Waals surface area contributed by atoms with Crippen LogP contribution in [0.2, 0.25) is 0 Å². The van der Waals surface area contributed by atoms with Crippen LogP contribution in [0.3, 0.4) is 0 Å². The van der Waals surface area contributed by atoms with Crippen LogP contribution in [0.4, 0.5) is 0 Å². The lowest BCUT2D eigenvalue weighted by Crippen LogP contribution is -2.43. The lowest BCUT2D eigenvalue weighted by molar-refractivity contribution is -0.709. The van der Waals surface area contributed by atoms with E-state index in [-0.39, 0.29) is 5.91 Å². The lowest BCUT2D eigenvalue weighted by Gasteiger charge is -2.33. The van der Waals surface area contributed by atoms with E-state index >= 15 is 0 Å². The summed E-state index contributed by atoms with van der Waals surface area (Å²) in [6, 6.07) is 0. The molecular weight excluding hydrogens is 358 g/mol. The highest BCUT2D eigenvalue weighted by Gasteiger charge is 2.43. The van der Waals surface area contributed by atoms with Gasteiger partial charge < -0.3 is 9.80 Å². The normalized spacial score (nSPS) is 27.7. The van der Waals surface area contributed by atoms with Gasteiger partial charge >= 0.3 is 0 Å². The zero-order valence-corrected chi connectivity index (χ0v) is 15.5. The number of piperidine rings is 1. The van der Waals surface area contributed by atoms with E-state index in [9.17, 15) is 4.79 Å². The molecule has 0 aliphatic carbocycles. The van der Waals surface area contributed by atoms with E-state index in [4.69, 9.17) is 4.99 Å². The first kappa shape index (κ1) is 16.5. The highest BCUT2D eigenvalue weighted by molar-refractivity contribution is 9.18. The van der Waals surface area contributed by atoms with Crippen LogP contribution in [0.15, 0.2) is 33.8 Å². The smallest absolute Gasteiger partial charge is 0.281 e. The number of quaternary nitrogens is 1. The van der Waals surface area contributed by atoms with Gasteiger partial charge in [-0.3, -0.25) is 9.79 Å². The first-order valence-electron chi connectivity index (χ1n) is 7.91. The van der Waals surface area contributed by atoms with Crippen molar-refractivity contribution in [3.05, 3.63) is 23.8 Å². The Kier molecular flexibility index (Phi) is 4.53. The average molecular weight is 381 g/mol. The van der Waals surface area contributed by atoms with E-state index < -0.39 is 0 Å². The van der Waals surface area contributed by atoms with Gasteiger partial charge in [0, 0.05) is 34.9 Å². The Morgan fingerprint density at radius 1 is 1.43 bits per heavy atom. The molecule has 0 N–H and O–H groups in total. The monoisotopic (exact) mass is 380 g/mol. The third-order valence-electron chi connectivity index (χ3n) is 4.69. The summed E-state index contributed by atoms with van der Waals surface area (Å²) in [4.78, 5) is 25.1. The van der Waals surface area contributed by atoms with Gasteiger partial charge in [0.05, 0.1) is 26.0 Å². The number of likely N-dealkylation sites (tertiary alicyclic amines) is 1. The number of fused-ring (bicyclic) bond motifs is 1. The molecule has 1 amide bonds. The van der Waals surface area contributed by atoms with Crippen LogP contribution in [0.1, 0.15) is 12.8 Å². The minimum Gasteiger partial charge on any atom is -0.342 e. The van der Waals surface area contributed by atoms with Crippen molar-refractivity contribution in [1.29, 1.82) is 0 Å². The summed E-state index contributed by atoms with van der Waals surface area (Å²) < 4.78 is 1.45. The van der Waals surface area contributed by atoms with E-state index in [1.54, 1.807) is 0 Å². The molecule has 0 aromatic carbocycles. The summed E-state index contributed by atoms with van der Waals surface area (Å²) in [5, 5.41) is 0. The van der Waals surface area contributed by atoms with Crippen LogP contribution in [0.5, 0.6) is 0 Å². The number of likely N-dealkylation sites (N-methyl/N-ethyl adjacent to an activating group) is 1. The molecule has 1 saturated heterocycles. The number of hydrogen-bond donors (Lipinski definition) is 0. The molecule has 3 heterocycles. The Bertz CT molecular complexity index is 628. The van der Waals surface area contributed by atoms with Crippen LogP contribution in [0, 0.1) is 5.92 Å². The minimum atomic E-state index is 0.213. The third-order valence-corrected chi connectivity index (χ3v) is 5.61. The summed E-state index contributed by atoms with van der Waals surface area (Å²) in [7, 11) is 5.96. The van der Waals surface area contributed by atoms with Gasteiger partial charge in [0.2, 0.25) is 5.91 Å². The van der Waals surface area contributed by atoms with E-state index in [0.29, 0.717) is 16.9 Å². The van der Waals surface area contributed by atoms with E-state index in [1.165, 1.54) is 0 Å². The van der Waals surface area contributed by atoms with Gasteiger partial charge in [0.25, 0.3) is 4.74 Å². The van der Waals surface area contributed by atoms with Crippen LogP contribution in [-0.4, -0.2) is 71.9 Å². The number of carbonyl (C=O) groups is 1. The van der Waals surface area contributed by atoms with Gasteiger partial charge in [-0.1, -0.05) is 0 Å². The first-order chi connectivity index (χ1) is 10.9. The second kappa shape index (κ2) is 6.30. The van der Waals surface area contributed by atoms with Crippen molar-refractivity contribution in [2.24, 2.45) is 15.9 Å². The lowest BCUT2D eigenvalue weighted by atomic mass is 9.92. The Morgan fingerprint density at radius 3 is 2.78 bits per heavy atom. The van der Waals surface area contributed by atoms with E-state index in [2.05, 4.69) is 28.0 Å². The Hall–Kier alpha value is -1.31. The molecule has 1 atom stereocenters. The molecule has 0 radical (unpaired) electrons. The van der Waals surface area contributed by atoms with Crippen molar-refractivity contribution in [3.8, 4) is 0 Å². The van der Waals surface area contributed by atoms with Crippen molar-refractivity contribution in [2.45, 2.75) is 12.8 Å². The molecule has 23 heavy (non-hydrogen) atoms. The molecule has 0 aromatic rings. The number of allylic oxidation sites excluding steroid dienone is 2. The fraction of sp³-hybridized carbons (Fsp3) is 0.562. The molecule has 1 unspecified atom stereocenters. The first-order valence-corrected chi connectivity index (χ1v) is 8.70. The second-order valence-electron chi connectivity index (χ2n) is 6.70. The molecule has 1 fully saturated rings. The molecule has 0 aromatic heterocycles. The van der Waals surface area contributed by atoms with Crippen molar-refractivity contribution >= 4 is 32.8 Å². The SMILES string of the molecule is CN(C)CC(=O)N1CCC(C2=C3C=NC=C[N+]3(C)C(Br)=N2)CC1. The molecule has 0 saturated carbocycles. The molecule has 124 valence electrons. The summed E-state index contributed by atoms with van der Waals surface area (Å²) >= 11 is 3.60. The highest BCUT2D eigenvalue weighted by atomic mass is 79.9. The molecule has 6 nitrogen and oxygen atoms in total. The third kappa shape index (κ3) is 3.05. The van der Waals surface area contributed by atoms with Crippen LogP contribution in [0.25, 0.3) is 0 Å². The number of amides is 1. The maximum Gasteiger partial charge on any atom is 0.281 e. The van der Waals surface area contributed by atoms with Crippen molar-refractivity contribution in [2.75, 3.05) is 40.8 Å². The predicted octanol–water partition coefficient (Wildman–Crippen LogP) is 1.76. The van der Waals surface area contributed by atoms with Gasteiger partial charge in [0.15, 0.2) is 5.70 Å². The number of carbonyl (C=O) groups excluding carboxylic acids is 1. The standard InChI is InChI=1S/C16H23BrN5O/c1-20(2)11-14(23)21-7-4-12(5-8-21)15-13-10-18-6-9-22(13,3)16(17)19-15/h6,9-10,12H,4-5,7-8,11H2,1-3H3/q+1. The van der Waals surface area contributed by atoms with Crippen LogP contribution >= 0.6 is 15.9 Å². The molecule has 7 heteroatoms. The molecule has 3 aliphatic heterocycles. The van der Waals surface area contributed by atoms with Crippen molar-refractivity contribution in [3.63, 3.8) is 0 Å². The number of hydrogen-bond acceptors (Lipinski definition) is 4. The van der Waals surface area contributed by atoms with Crippen LogP contribution in [-0.2, 0) is 4.79 Å². The van der Waals surface area contributed by atoms with E-state index in [0.717, 1.165) is 42.1 Å². The number of halogens is 1. The summed E-state index contributed by atoms with van der Waals surface area (Å²) in [6.45, 7) is 2.09. The summed E-state index contributed by atoms with van der Waals surface area (Å²) in [6.07, 6.45) is 7.67.